The van der Waals surface area contributed by atoms with Crippen molar-refractivity contribution in [2.45, 2.75) is 25.7 Å². The Morgan fingerprint density at radius 1 is 0.800 bits per heavy atom. The van der Waals surface area contributed by atoms with Crippen molar-refractivity contribution in [3.63, 3.8) is 0 Å². The Labute approximate surface area is 258 Å². The number of carbonyl (C=O) groups excluding carboxylic acids is 2. The molecular formula is C37H31FN2O5. The fourth-order valence-corrected chi connectivity index (χ4v) is 5.52. The number of hydrogen-bond donors (Lipinski definition) is 4. The number of hydrogen-bond acceptors (Lipinski definition) is 5. The van der Waals surface area contributed by atoms with Crippen LogP contribution in [0.2, 0.25) is 0 Å². The zero-order valence-electron chi connectivity index (χ0n) is 24.5. The molecular weight excluding hydrogens is 571 g/mol. The molecule has 6 rings (SSSR count). The van der Waals surface area contributed by atoms with E-state index in [1.165, 1.54) is 18.2 Å². The average Bonchev–Trinajstić information content (AvgIpc) is 3.50. The van der Waals surface area contributed by atoms with E-state index in [1.807, 2.05) is 37.3 Å². The number of para-hydroxylation sites is 1. The summed E-state index contributed by atoms with van der Waals surface area (Å²) in [6.07, 6.45) is 0.903. The third-order valence-corrected chi connectivity index (χ3v) is 7.99. The Morgan fingerprint density at radius 2 is 1.58 bits per heavy atom. The summed E-state index contributed by atoms with van der Waals surface area (Å²) in [7, 11) is 0. The molecule has 4 N–H and O–H groups in total. The van der Waals surface area contributed by atoms with E-state index >= 15 is 0 Å². The number of amides is 2. The molecule has 0 aliphatic carbocycles. The molecule has 8 heteroatoms. The van der Waals surface area contributed by atoms with Crippen LogP contribution in [0, 0.1) is 5.82 Å². The SMILES string of the molecule is CC(CNC(=O)c1ccc(NC(=O)c2cc3ccccc3o2)c(CCc2ccc(O)c(O)c2)c1)c1ccc(F)c2ccccc12. The van der Waals surface area contributed by atoms with Gasteiger partial charge < -0.3 is 25.3 Å². The molecule has 5 aromatic carbocycles. The van der Waals surface area contributed by atoms with E-state index in [2.05, 4.69) is 10.6 Å². The zero-order valence-corrected chi connectivity index (χ0v) is 24.5. The van der Waals surface area contributed by atoms with Gasteiger partial charge in [0.05, 0.1) is 0 Å². The highest BCUT2D eigenvalue weighted by Crippen LogP contribution is 2.29. The molecule has 0 fully saturated rings. The van der Waals surface area contributed by atoms with Gasteiger partial charge in [-0.05, 0) is 89.4 Å². The second-order valence-corrected chi connectivity index (χ2v) is 11.1. The summed E-state index contributed by atoms with van der Waals surface area (Å²) in [5, 5.41) is 27.7. The van der Waals surface area contributed by atoms with Gasteiger partial charge in [0, 0.05) is 28.6 Å². The van der Waals surface area contributed by atoms with Gasteiger partial charge in [-0.15, -0.1) is 0 Å². The number of aromatic hydroxyl groups is 2. The second kappa shape index (κ2) is 12.5. The minimum atomic E-state index is -0.424. The van der Waals surface area contributed by atoms with Crippen molar-refractivity contribution < 1.29 is 28.6 Å². The van der Waals surface area contributed by atoms with Crippen LogP contribution < -0.4 is 10.6 Å². The maximum Gasteiger partial charge on any atom is 0.291 e. The van der Waals surface area contributed by atoms with Crippen molar-refractivity contribution >= 4 is 39.2 Å². The lowest BCUT2D eigenvalue weighted by Crippen LogP contribution is -2.27. The summed E-state index contributed by atoms with van der Waals surface area (Å²) in [5.74, 6) is -1.34. The van der Waals surface area contributed by atoms with Gasteiger partial charge in [-0.25, -0.2) is 4.39 Å². The predicted molar refractivity (Wildman–Crippen MR) is 172 cm³/mol. The van der Waals surface area contributed by atoms with E-state index in [0.29, 0.717) is 47.2 Å². The monoisotopic (exact) mass is 602 g/mol. The van der Waals surface area contributed by atoms with Crippen LogP contribution >= 0.6 is 0 Å². The first-order valence-electron chi connectivity index (χ1n) is 14.7. The van der Waals surface area contributed by atoms with Crippen molar-refractivity contribution in [3.8, 4) is 11.5 Å². The van der Waals surface area contributed by atoms with E-state index in [-0.39, 0.29) is 34.9 Å². The molecule has 1 atom stereocenters. The molecule has 226 valence electrons. The molecule has 7 nitrogen and oxygen atoms in total. The predicted octanol–water partition coefficient (Wildman–Crippen LogP) is 7.71. The van der Waals surface area contributed by atoms with Crippen LogP contribution in [-0.4, -0.2) is 28.6 Å². The van der Waals surface area contributed by atoms with Crippen LogP contribution in [0.15, 0.2) is 108 Å². The number of phenolic OH excluding ortho intramolecular Hbond substituents is 2. The Hall–Kier alpha value is -5.63. The van der Waals surface area contributed by atoms with Crippen molar-refractivity contribution in [1.29, 1.82) is 0 Å². The van der Waals surface area contributed by atoms with E-state index in [1.54, 1.807) is 54.6 Å². The molecule has 0 saturated heterocycles. The summed E-state index contributed by atoms with van der Waals surface area (Å²) in [5.41, 5.74) is 3.95. The van der Waals surface area contributed by atoms with Gasteiger partial charge in [0.1, 0.15) is 11.4 Å². The molecule has 0 radical (unpaired) electrons. The first-order chi connectivity index (χ1) is 21.8. The fraction of sp³-hybridized carbons (Fsp3) is 0.135. The maximum atomic E-state index is 14.3. The lowest BCUT2D eigenvalue weighted by Gasteiger charge is -2.17. The lowest BCUT2D eigenvalue weighted by molar-refractivity contribution is 0.0950. The number of anilines is 1. The first-order valence-corrected chi connectivity index (χ1v) is 14.7. The fourth-order valence-electron chi connectivity index (χ4n) is 5.52. The number of phenols is 2. The van der Waals surface area contributed by atoms with E-state index in [4.69, 9.17) is 4.42 Å². The maximum absolute atomic E-state index is 14.3. The minimum absolute atomic E-state index is 0.0801. The molecule has 45 heavy (non-hydrogen) atoms. The normalized spacial score (nSPS) is 11.9. The first kappa shape index (κ1) is 29.4. The van der Waals surface area contributed by atoms with Gasteiger partial charge in [-0.1, -0.05) is 61.5 Å². The Balaban J connectivity index is 1.22. The van der Waals surface area contributed by atoms with Crippen LogP contribution in [-0.2, 0) is 12.8 Å². The number of furan rings is 1. The molecule has 6 aromatic rings. The third kappa shape index (κ3) is 6.35. The number of rotatable bonds is 9. The summed E-state index contributed by atoms with van der Waals surface area (Å²) in [4.78, 5) is 26.5. The van der Waals surface area contributed by atoms with Gasteiger partial charge in [-0.3, -0.25) is 9.59 Å². The van der Waals surface area contributed by atoms with Crippen LogP contribution in [0.25, 0.3) is 21.7 Å². The van der Waals surface area contributed by atoms with Crippen LogP contribution in [0.1, 0.15) is 50.4 Å². The molecule has 1 unspecified atom stereocenters. The van der Waals surface area contributed by atoms with Crippen LogP contribution in [0.5, 0.6) is 11.5 Å². The third-order valence-electron chi connectivity index (χ3n) is 7.99. The smallest absolute Gasteiger partial charge is 0.291 e. The van der Waals surface area contributed by atoms with E-state index in [9.17, 15) is 24.2 Å². The summed E-state index contributed by atoms with van der Waals surface area (Å²) in [6, 6.07) is 29.2. The molecule has 0 spiro atoms. The number of carbonyl (C=O) groups is 2. The van der Waals surface area contributed by atoms with E-state index < -0.39 is 5.91 Å². The quantitative estimate of drug-likeness (QED) is 0.127. The Kier molecular flexibility index (Phi) is 8.20. The number of aryl methyl sites for hydroxylation is 2. The zero-order chi connectivity index (χ0) is 31.5. The van der Waals surface area contributed by atoms with Gasteiger partial charge >= 0.3 is 0 Å². The van der Waals surface area contributed by atoms with Gasteiger partial charge in [-0.2, -0.15) is 0 Å². The molecule has 1 aromatic heterocycles. The van der Waals surface area contributed by atoms with Gasteiger partial charge in [0.2, 0.25) is 0 Å². The largest absolute Gasteiger partial charge is 0.504 e. The van der Waals surface area contributed by atoms with Gasteiger partial charge in [0.25, 0.3) is 11.8 Å². The minimum Gasteiger partial charge on any atom is -0.504 e. The Morgan fingerprint density at radius 3 is 2.38 bits per heavy atom. The number of nitrogens with one attached hydrogen (secondary N) is 2. The van der Waals surface area contributed by atoms with Crippen LogP contribution in [0.3, 0.4) is 0 Å². The van der Waals surface area contributed by atoms with E-state index in [0.717, 1.165) is 21.9 Å². The highest BCUT2D eigenvalue weighted by molar-refractivity contribution is 6.05. The van der Waals surface area contributed by atoms with Crippen molar-refractivity contribution in [2.75, 3.05) is 11.9 Å². The van der Waals surface area contributed by atoms with Crippen molar-refractivity contribution in [2.24, 2.45) is 0 Å². The lowest BCUT2D eigenvalue weighted by atomic mass is 9.94. The second-order valence-electron chi connectivity index (χ2n) is 11.1. The highest BCUT2D eigenvalue weighted by atomic mass is 19.1. The number of benzene rings is 5. The topological polar surface area (TPSA) is 112 Å². The van der Waals surface area contributed by atoms with Crippen LogP contribution in [0.4, 0.5) is 10.1 Å². The van der Waals surface area contributed by atoms with Crippen molar-refractivity contribution in [3.05, 3.63) is 137 Å². The molecule has 0 bridgehead atoms. The van der Waals surface area contributed by atoms with Crippen molar-refractivity contribution in [1.82, 2.24) is 5.32 Å². The molecule has 0 aliphatic rings. The molecule has 0 aliphatic heterocycles. The molecule has 0 saturated carbocycles. The average molecular weight is 603 g/mol. The highest BCUT2D eigenvalue weighted by Gasteiger charge is 2.18. The standard InChI is InChI=1S/C37H31FN2O5/c1-22(27-14-15-30(38)29-8-4-3-7-28(27)29)21-39-36(43)26-13-16-31(24(19-26)12-10-23-11-17-32(41)33(42)18-23)40-37(44)35-20-25-6-2-5-9-34(25)45-35/h2-9,11,13-20,22,41-42H,10,12,21H2,1H3,(H,39,43)(H,40,44). The summed E-state index contributed by atoms with van der Waals surface area (Å²) >= 11 is 0. The number of fused-ring (bicyclic) bond motifs is 2. The summed E-state index contributed by atoms with van der Waals surface area (Å²) in [6.45, 7) is 2.32. The Bertz CT molecular complexity index is 2020. The molecule has 1 heterocycles. The van der Waals surface area contributed by atoms with Gasteiger partial charge in [0.15, 0.2) is 17.3 Å². The summed E-state index contributed by atoms with van der Waals surface area (Å²) < 4.78 is 20.1. The number of halogens is 1. The molecule has 2 amide bonds.